The van der Waals surface area contributed by atoms with Gasteiger partial charge in [0.05, 0.1) is 13.2 Å². The third-order valence-corrected chi connectivity index (χ3v) is 8.87. The lowest BCUT2D eigenvalue weighted by atomic mass is 10.0. The third-order valence-electron chi connectivity index (χ3n) is 8.38. The first-order valence-corrected chi connectivity index (χ1v) is 21.5. The molecule has 0 amide bonds. The first kappa shape index (κ1) is 47.5. The zero-order valence-corrected chi connectivity index (χ0v) is 32.5. The summed E-state index contributed by atoms with van der Waals surface area (Å²) in [7, 11) is -4.67. The van der Waals surface area contributed by atoms with Gasteiger partial charge in [0.15, 0.2) is 0 Å². The Balaban J connectivity index is 3.91. The Morgan fingerprint density at radius 2 is 0.959 bits per heavy atom. The van der Waals surface area contributed by atoms with Crippen LogP contribution in [-0.2, 0) is 23.4 Å². The van der Waals surface area contributed by atoms with E-state index in [0.717, 1.165) is 38.5 Å². The van der Waals surface area contributed by atoms with Crippen LogP contribution in [0.2, 0.25) is 0 Å². The molecule has 0 aromatic rings. The fourth-order valence-electron chi connectivity index (χ4n) is 5.43. The summed E-state index contributed by atoms with van der Waals surface area (Å²) in [6.07, 6.45) is 46.8. The largest absolute Gasteiger partial charge is 0.469 e. The normalized spacial score (nSPS) is 13.1. The van der Waals surface area contributed by atoms with Gasteiger partial charge in [0.1, 0.15) is 6.10 Å². The van der Waals surface area contributed by atoms with Crippen LogP contribution in [0.15, 0.2) is 48.6 Å². The van der Waals surface area contributed by atoms with E-state index in [4.69, 9.17) is 19.3 Å². The lowest BCUT2D eigenvalue weighted by Crippen LogP contribution is -2.28. The number of hydrogen-bond donors (Lipinski definition) is 2. The number of ether oxygens (including phenoxy) is 2. The minimum Gasteiger partial charge on any atom is -0.457 e. The predicted octanol–water partition coefficient (Wildman–Crippen LogP) is 12.4. The smallest absolute Gasteiger partial charge is 0.457 e. The number of esters is 1. The minimum atomic E-state index is -4.67. The van der Waals surface area contributed by atoms with Crippen molar-refractivity contribution in [3.05, 3.63) is 48.6 Å². The molecule has 0 heterocycles. The summed E-state index contributed by atoms with van der Waals surface area (Å²) < 4.78 is 26.9. The van der Waals surface area contributed by atoms with Gasteiger partial charge in [0.2, 0.25) is 0 Å². The SMILES string of the molecule is CCCCC/C=C/C/C=C/C/C=C/C/C=C/CCCC(=O)O[C@H](COCCCCCCCCCCCCCCCCCC)COP(=O)(O)O. The zero-order valence-electron chi connectivity index (χ0n) is 31.6. The van der Waals surface area contributed by atoms with Crippen LogP contribution in [0.3, 0.4) is 0 Å². The van der Waals surface area contributed by atoms with E-state index in [2.05, 4.69) is 67.0 Å². The van der Waals surface area contributed by atoms with Crippen LogP contribution in [0.1, 0.15) is 181 Å². The number of phosphoric acid groups is 1. The summed E-state index contributed by atoms with van der Waals surface area (Å²) in [5, 5.41) is 0. The van der Waals surface area contributed by atoms with Gasteiger partial charge in [-0.25, -0.2) is 4.57 Å². The Kier molecular flexibility index (Phi) is 36.6. The Hall–Kier alpha value is -1.50. The molecule has 0 fully saturated rings. The first-order valence-electron chi connectivity index (χ1n) is 20.0. The second kappa shape index (κ2) is 37.7. The molecule has 0 saturated carbocycles. The molecule has 0 rings (SSSR count). The van der Waals surface area contributed by atoms with E-state index in [1.165, 1.54) is 116 Å². The highest BCUT2D eigenvalue weighted by atomic mass is 31.2. The summed E-state index contributed by atoms with van der Waals surface area (Å²) in [5.74, 6) is -0.416. The molecule has 2 N–H and O–H groups in total. The quantitative estimate of drug-likeness (QED) is 0.0286. The van der Waals surface area contributed by atoms with Crippen molar-refractivity contribution in [3.63, 3.8) is 0 Å². The molecule has 0 aliphatic rings. The third kappa shape index (κ3) is 40.8. The lowest BCUT2D eigenvalue weighted by Gasteiger charge is -2.18. The number of carbonyl (C=O) groups is 1. The molecule has 0 spiro atoms. The molecule has 0 unspecified atom stereocenters. The van der Waals surface area contributed by atoms with E-state index in [1.54, 1.807) is 0 Å². The van der Waals surface area contributed by atoms with Gasteiger partial charge in [0.25, 0.3) is 0 Å². The van der Waals surface area contributed by atoms with Crippen molar-refractivity contribution in [2.75, 3.05) is 19.8 Å². The van der Waals surface area contributed by atoms with Crippen molar-refractivity contribution >= 4 is 13.8 Å². The van der Waals surface area contributed by atoms with Gasteiger partial charge < -0.3 is 19.3 Å². The number of unbranched alkanes of at least 4 members (excludes halogenated alkanes) is 19. The summed E-state index contributed by atoms with van der Waals surface area (Å²) in [6, 6.07) is 0. The van der Waals surface area contributed by atoms with E-state index in [0.29, 0.717) is 13.0 Å². The van der Waals surface area contributed by atoms with Gasteiger partial charge in [0, 0.05) is 13.0 Å². The number of carbonyl (C=O) groups excluding carboxylic acids is 1. The molecule has 0 radical (unpaired) electrons. The predicted molar refractivity (Wildman–Crippen MR) is 207 cm³/mol. The molecule has 0 aromatic carbocycles. The maximum absolute atomic E-state index is 12.4. The van der Waals surface area contributed by atoms with Crippen molar-refractivity contribution in [1.29, 1.82) is 0 Å². The van der Waals surface area contributed by atoms with Gasteiger partial charge in [-0.1, -0.05) is 172 Å². The Labute approximate surface area is 301 Å². The molecule has 0 saturated heterocycles. The molecule has 7 nitrogen and oxygen atoms in total. The van der Waals surface area contributed by atoms with Crippen LogP contribution in [0.5, 0.6) is 0 Å². The van der Waals surface area contributed by atoms with Crippen molar-refractivity contribution in [2.24, 2.45) is 0 Å². The molecule has 0 aliphatic carbocycles. The Bertz CT molecular complexity index is 877. The second-order valence-corrected chi connectivity index (χ2v) is 14.5. The average Bonchev–Trinajstić information content (AvgIpc) is 3.07. The zero-order chi connectivity index (χ0) is 35.9. The van der Waals surface area contributed by atoms with Crippen LogP contribution in [0, 0.1) is 0 Å². The van der Waals surface area contributed by atoms with Crippen LogP contribution in [0.4, 0.5) is 0 Å². The molecule has 1 atom stereocenters. The summed E-state index contributed by atoms with van der Waals surface area (Å²) >= 11 is 0. The highest BCUT2D eigenvalue weighted by Gasteiger charge is 2.21. The van der Waals surface area contributed by atoms with Crippen LogP contribution < -0.4 is 0 Å². The molecule has 0 aromatic heterocycles. The minimum absolute atomic E-state index is 0.0572. The number of phosphoric ester groups is 1. The molecule has 49 heavy (non-hydrogen) atoms. The van der Waals surface area contributed by atoms with Gasteiger partial charge >= 0.3 is 13.8 Å². The molecular formula is C41H75O7P. The summed E-state index contributed by atoms with van der Waals surface area (Å²) in [6.45, 7) is 4.68. The summed E-state index contributed by atoms with van der Waals surface area (Å²) in [5.41, 5.74) is 0. The first-order chi connectivity index (χ1) is 23.9. The molecule has 0 bridgehead atoms. The number of allylic oxidation sites excluding steroid dienone is 8. The van der Waals surface area contributed by atoms with Crippen LogP contribution >= 0.6 is 7.82 Å². The van der Waals surface area contributed by atoms with E-state index in [1.807, 2.05) is 0 Å². The summed E-state index contributed by atoms with van der Waals surface area (Å²) in [4.78, 5) is 30.5. The lowest BCUT2D eigenvalue weighted by molar-refractivity contribution is -0.154. The van der Waals surface area contributed by atoms with Gasteiger partial charge in [-0.05, 0) is 51.4 Å². The van der Waals surface area contributed by atoms with Crippen LogP contribution in [0.25, 0.3) is 0 Å². The second-order valence-electron chi connectivity index (χ2n) is 13.3. The van der Waals surface area contributed by atoms with Crippen molar-refractivity contribution in [3.8, 4) is 0 Å². The molecule has 0 aliphatic heterocycles. The molecule has 286 valence electrons. The maximum Gasteiger partial charge on any atom is 0.469 e. The maximum atomic E-state index is 12.4. The van der Waals surface area contributed by atoms with Crippen molar-refractivity contribution in [1.82, 2.24) is 0 Å². The topological polar surface area (TPSA) is 102 Å². The fourth-order valence-corrected chi connectivity index (χ4v) is 5.79. The van der Waals surface area contributed by atoms with Gasteiger partial charge in [-0.2, -0.15) is 0 Å². The monoisotopic (exact) mass is 711 g/mol. The average molecular weight is 711 g/mol. The Morgan fingerprint density at radius 1 is 0.551 bits per heavy atom. The van der Waals surface area contributed by atoms with E-state index in [9.17, 15) is 9.36 Å². The highest BCUT2D eigenvalue weighted by molar-refractivity contribution is 7.46. The highest BCUT2D eigenvalue weighted by Crippen LogP contribution is 2.35. The fraction of sp³-hybridized carbons (Fsp3) is 0.780. The van der Waals surface area contributed by atoms with E-state index in [-0.39, 0.29) is 13.0 Å². The van der Waals surface area contributed by atoms with Crippen molar-refractivity contribution in [2.45, 2.75) is 187 Å². The van der Waals surface area contributed by atoms with Crippen molar-refractivity contribution < 1.29 is 33.1 Å². The van der Waals surface area contributed by atoms with Gasteiger partial charge in [-0.3, -0.25) is 9.32 Å². The van der Waals surface area contributed by atoms with Gasteiger partial charge in [-0.15, -0.1) is 0 Å². The van der Waals surface area contributed by atoms with E-state index >= 15 is 0 Å². The number of hydrogen-bond acceptors (Lipinski definition) is 5. The standard InChI is InChI=1S/C41H75O7P/c1-3-5-7-9-11-13-15-17-19-21-22-24-26-28-30-32-34-36-41(42)48-40(39-47-49(43,44)45)38-46-37-35-33-31-29-27-25-23-20-18-16-14-12-10-8-6-4-2/h11,13,17,19,22,24,28,30,40H,3-10,12,14-16,18,20-21,23,25-27,29,31-39H2,1-2H3,(H2,43,44,45)/b13-11+,19-17+,24-22+,30-28+/t40-/m1/s1. The Morgan fingerprint density at radius 3 is 1.43 bits per heavy atom. The molecule has 8 heteroatoms. The van der Waals surface area contributed by atoms with Crippen LogP contribution in [-0.4, -0.2) is 41.7 Å². The molecular weight excluding hydrogens is 635 g/mol. The number of rotatable bonds is 37. The van der Waals surface area contributed by atoms with E-state index < -0.39 is 26.5 Å².